The Morgan fingerprint density at radius 1 is 1.22 bits per heavy atom. The fourth-order valence-corrected chi connectivity index (χ4v) is 3.46. The van der Waals surface area contributed by atoms with Gasteiger partial charge < -0.3 is 20.3 Å². The Balaban J connectivity index is 1.81. The first-order valence-electron chi connectivity index (χ1n) is 7.06. The van der Waals surface area contributed by atoms with Crippen molar-refractivity contribution < 1.29 is 24.7 Å². The number of phenols is 1. The zero-order chi connectivity index (χ0) is 16.7. The Hall–Kier alpha value is -2.90. The van der Waals surface area contributed by atoms with Crippen molar-refractivity contribution in [1.82, 2.24) is 0 Å². The van der Waals surface area contributed by atoms with Crippen molar-refractivity contribution >= 4 is 23.3 Å². The number of benzene rings is 1. The third-order valence-electron chi connectivity index (χ3n) is 4.48. The number of rotatable bonds is 4. The van der Waals surface area contributed by atoms with Crippen molar-refractivity contribution in [3.8, 4) is 5.75 Å². The molecule has 1 saturated carbocycles. The first-order valence-corrected chi connectivity index (χ1v) is 7.06. The summed E-state index contributed by atoms with van der Waals surface area (Å²) >= 11 is 0. The molecule has 8 nitrogen and oxygen atoms in total. The number of carboxylic acid groups (broad SMARTS) is 1. The van der Waals surface area contributed by atoms with Crippen LogP contribution in [0.25, 0.3) is 0 Å². The molecule has 1 aromatic carbocycles. The van der Waals surface area contributed by atoms with Gasteiger partial charge in [-0.1, -0.05) is 12.2 Å². The van der Waals surface area contributed by atoms with E-state index in [1.54, 1.807) is 6.08 Å². The molecular formula is C15H13N2O6-. The van der Waals surface area contributed by atoms with E-state index in [4.69, 9.17) is 0 Å². The third kappa shape index (κ3) is 2.52. The number of allylic oxidation sites excluding steroid dienone is 2. The lowest BCUT2D eigenvalue weighted by atomic mass is 9.82. The summed E-state index contributed by atoms with van der Waals surface area (Å²) in [5.74, 6) is -4.32. The molecule has 23 heavy (non-hydrogen) atoms. The number of carboxylic acids is 1. The molecule has 120 valence electrons. The van der Waals surface area contributed by atoms with E-state index in [9.17, 15) is 29.9 Å². The number of nitro benzene ring substituents is 1. The number of nitrogens with one attached hydrogen (secondary N) is 1. The molecule has 0 unspecified atom stereocenters. The van der Waals surface area contributed by atoms with Gasteiger partial charge in [-0.05, 0) is 24.3 Å². The molecule has 2 aliphatic carbocycles. The van der Waals surface area contributed by atoms with Gasteiger partial charge in [0, 0.05) is 18.0 Å². The van der Waals surface area contributed by atoms with Gasteiger partial charge in [0.25, 0.3) is 5.69 Å². The van der Waals surface area contributed by atoms with Crippen LogP contribution in [0.2, 0.25) is 0 Å². The smallest absolute Gasteiger partial charge is 0.273 e. The van der Waals surface area contributed by atoms with Gasteiger partial charge in [-0.3, -0.25) is 14.9 Å². The second-order valence-electron chi connectivity index (χ2n) is 5.77. The molecule has 2 bridgehead atoms. The minimum Gasteiger partial charge on any atom is -0.550 e. The van der Waals surface area contributed by atoms with E-state index in [2.05, 4.69) is 5.32 Å². The maximum Gasteiger partial charge on any atom is 0.273 e. The monoisotopic (exact) mass is 317 g/mol. The summed E-state index contributed by atoms with van der Waals surface area (Å²) in [5, 5.41) is 34.2. The third-order valence-corrected chi connectivity index (χ3v) is 4.48. The average molecular weight is 317 g/mol. The normalized spacial score (nSPS) is 27.8. The Bertz CT molecular complexity index is 729. The van der Waals surface area contributed by atoms with Crippen molar-refractivity contribution in [2.75, 3.05) is 5.32 Å². The molecule has 0 heterocycles. The molecule has 1 amide bonds. The van der Waals surface area contributed by atoms with Gasteiger partial charge in [0.15, 0.2) is 0 Å². The zero-order valence-corrected chi connectivity index (χ0v) is 11.8. The predicted octanol–water partition coefficient (Wildman–Crippen LogP) is 0.427. The van der Waals surface area contributed by atoms with Crippen LogP contribution < -0.4 is 10.4 Å². The Morgan fingerprint density at radius 2 is 1.87 bits per heavy atom. The van der Waals surface area contributed by atoms with Gasteiger partial charge in [-0.25, -0.2) is 0 Å². The molecule has 2 aliphatic rings. The number of hydrogen-bond acceptors (Lipinski definition) is 6. The maximum atomic E-state index is 12.4. The lowest BCUT2D eigenvalue weighted by Crippen LogP contribution is -2.42. The molecule has 1 fully saturated rings. The number of hydrogen-bond donors (Lipinski definition) is 2. The molecular weight excluding hydrogens is 304 g/mol. The Labute approximate surface area is 130 Å². The Morgan fingerprint density at radius 3 is 2.43 bits per heavy atom. The van der Waals surface area contributed by atoms with Crippen LogP contribution in [0.15, 0.2) is 30.4 Å². The van der Waals surface area contributed by atoms with Crippen molar-refractivity contribution in [2.24, 2.45) is 23.7 Å². The van der Waals surface area contributed by atoms with Crippen LogP contribution in [0.5, 0.6) is 5.75 Å². The molecule has 3 rings (SSSR count). The maximum absolute atomic E-state index is 12.4. The zero-order valence-electron chi connectivity index (χ0n) is 11.8. The number of phenolic OH excluding ortho intramolecular Hbond substituents is 1. The topological polar surface area (TPSA) is 133 Å². The van der Waals surface area contributed by atoms with Crippen molar-refractivity contribution in [2.45, 2.75) is 6.42 Å². The SMILES string of the molecule is O=C([O-])[C@@H]1[C@H](C(=O)Nc2ccc([N+](=O)[O-])cc2O)[C@@H]2C=C[C@H]1C2. The number of carbonyl (C=O) groups is 2. The van der Waals surface area contributed by atoms with E-state index in [0.29, 0.717) is 6.42 Å². The van der Waals surface area contributed by atoms with Crippen LogP contribution in [-0.4, -0.2) is 21.9 Å². The molecule has 0 radical (unpaired) electrons. The number of aliphatic carboxylic acids is 1. The van der Waals surface area contributed by atoms with E-state index in [1.807, 2.05) is 6.08 Å². The first kappa shape index (κ1) is 15.0. The van der Waals surface area contributed by atoms with Gasteiger partial charge in [0.1, 0.15) is 5.75 Å². The summed E-state index contributed by atoms with van der Waals surface area (Å²) in [5.41, 5.74) is -0.305. The number of non-ortho nitro benzene ring substituents is 1. The number of fused-ring (bicyclic) bond motifs is 2. The minimum absolute atomic E-state index is 0.00412. The number of aromatic hydroxyl groups is 1. The van der Waals surface area contributed by atoms with Gasteiger partial charge in [-0.2, -0.15) is 0 Å². The summed E-state index contributed by atoms with van der Waals surface area (Å²) in [6.45, 7) is 0. The molecule has 2 N–H and O–H groups in total. The second-order valence-corrected chi connectivity index (χ2v) is 5.77. The number of nitrogens with zero attached hydrogens (tertiary/aromatic N) is 1. The van der Waals surface area contributed by atoms with Crippen LogP contribution in [0, 0.1) is 33.8 Å². The number of nitro groups is 1. The van der Waals surface area contributed by atoms with Crippen molar-refractivity contribution in [1.29, 1.82) is 0 Å². The van der Waals surface area contributed by atoms with Gasteiger partial charge >= 0.3 is 0 Å². The summed E-state index contributed by atoms with van der Waals surface area (Å²) in [6.07, 6.45) is 4.20. The summed E-state index contributed by atoms with van der Waals surface area (Å²) in [4.78, 5) is 33.7. The van der Waals surface area contributed by atoms with Crippen molar-refractivity contribution in [3.63, 3.8) is 0 Å². The van der Waals surface area contributed by atoms with Gasteiger partial charge in [0.05, 0.1) is 22.6 Å². The molecule has 8 heteroatoms. The average Bonchev–Trinajstić information content (AvgIpc) is 3.09. The lowest BCUT2D eigenvalue weighted by molar-refractivity contribution is -0.384. The van der Waals surface area contributed by atoms with E-state index in [-0.39, 0.29) is 23.2 Å². The summed E-state index contributed by atoms with van der Waals surface area (Å²) in [6, 6.07) is 3.28. The minimum atomic E-state index is -1.27. The van der Waals surface area contributed by atoms with Crippen molar-refractivity contribution in [3.05, 3.63) is 40.5 Å². The summed E-state index contributed by atoms with van der Waals surface area (Å²) in [7, 11) is 0. The second kappa shape index (κ2) is 5.38. The molecule has 0 spiro atoms. The quantitative estimate of drug-likeness (QED) is 0.358. The van der Waals surface area contributed by atoms with E-state index in [0.717, 1.165) is 12.1 Å². The number of anilines is 1. The standard InChI is InChI=1S/C15H14N2O6/c18-11-6-9(17(22)23)3-4-10(11)16-14(19)12-7-1-2-8(5-7)13(12)15(20)21/h1-4,6-8,12-13,18H,5H2,(H,16,19)(H,20,21)/p-1/t7-,8+,12-,13+/m1/s1. The predicted molar refractivity (Wildman–Crippen MR) is 76.1 cm³/mol. The molecule has 1 aromatic rings. The molecule has 0 saturated heterocycles. The molecule has 0 aliphatic heterocycles. The summed E-state index contributed by atoms with van der Waals surface area (Å²) < 4.78 is 0. The number of carbonyl (C=O) groups excluding carboxylic acids is 2. The van der Waals surface area contributed by atoms with E-state index in [1.165, 1.54) is 6.07 Å². The lowest BCUT2D eigenvalue weighted by Gasteiger charge is -2.27. The molecule has 0 aromatic heterocycles. The van der Waals surface area contributed by atoms with Crippen LogP contribution in [-0.2, 0) is 9.59 Å². The van der Waals surface area contributed by atoms with Crippen LogP contribution in [0.4, 0.5) is 11.4 Å². The van der Waals surface area contributed by atoms with Gasteiger partial charge in [-0.15, -0.1) is 0 Å². The fourth-order valence-electron chi connectivity index (χ4n) is 3.46. The highest BCUT2D eigenvalue weighted by Gasteiger charge is 2.48. The fraction of sp³-hybridized carbons (Fsp3) is 0.333. The van der Waals surface area contributed by atoms with Gasteiger partial charge in [0.2, 0.25) is 5.91 Å². The largest absolute Gasteiger partial charge is 0.550 e. The Kier molecular flexibility index (Phi) is 3.51. The highest BCUT2D eigenvalue weighted by molar-refractivity contribution is 5.97. The highest BCUT2D eigenvalue weighted by Crippen LogP contribution is 2.48. The van der Waals surface area contributed by atoms with Crippen LogP contribution in [0.3, 0.4) is 0 Å². The van der Waals surface area contributed by atoms with Crippen LogP contribution >= 0.6 is 0 Å². The first-order chi connectivity index (χ1) is 10.9. The highest BCUT2D eigenvalue weighted by atomic mass is 16.6. The number of amides is 1. The van der Waals surface area contributed by atoms with E-state index >= 15 is 0 Å². The molecule has 4 atom stereocenters. The van der Waals surface area contributed by atoms with Crippen LogP contribution in [0.1, 0.15) is 6.42 Å². The van der Waals surface area contributed by atoms with E-state index < -0.39 is 34.4 Å².